The van der Waals surface area contributed by atoms with E-state index < -0.39 is 0 Å². The van der Waals surface area contributed by atoms with Crippen molar-refractivity contribution in [3.63, 3.8) is 0 Å². The maximum Gasteiger partial charge on any atom is 0.0732 e. The number of thiocarbonyl (C=S) groups is 2. The Morgan fingerprint density at radius 1 is 0.889 bits per heavy atom. The smallest absolute Gasteiger partial charge is 0.0732 e. The highest BCUT2D eigenvalue weighted by atomic mass is 32.1. The normalized spacial score (nSPS) is 45.1. The molecule has 4 N–H and O–H groups in total. The Hall–Kier alpha value is -0.220. The van der Waals surface area contributed by atoms with Crippen LogP contribution in [0.4, 0.5) is 0 Å². The summed E-state index contributed by atoms with van der Waals surface area (Å²) in [5, 5.41) is 0. The Balaban J connectivity index is 1.87. The number of hydrogen-bond acceptors (Lipinski definition) is 2. The highest BCUT2D eigenvalue weighted by molar-refractivity contribution is 7.80. The van der Waals surface area contributed by atoms with Gasteiger partial charge in [0.25, 0.3) is 0 Å². The lowest BCUT2D eigenvalue weighted by Gasteiger charge is -2.62. The van der Waals surface area contributed by atoms with E-state index in [-0.39, 0.29) is 0 Å². The van der Waals surface area contributed by atoms with E-state index in [1.165, 1.54) is 38.5 Å². The van der Waals surface area contributed by atoms with Crippen LogP contribution in [-0.2, 0) is 0 Å². The van der Waals surface area contributed by atoms with Crippen molar-refractivity contribution in [1.29, 1.82) is 0 Å². The van der Waals surface area contributed by atoms with Crippen molar-refractivity contribution >= 4 is 34.4 Å². The van der Waals surface area contributed by atoms with Crippen molar-refractivity contribution in [3.8, 4) is 0 Å². The zero-order valence-corrected chi connectivity index (χ0v) is 12.4. The Kier molecular flexibility index (Phi) is 2.94. The summed E-state index contributed by atoms with van der Waals surface area (Å²) in [5.41, 5.74) is 12.5. The van der Waals surface area contributed by atoms with E-state index in [1.807, 2.05) is 0 Å². The maximum absolute atomic E-state index is 5.84. The molecule has 4 bridgehead atoms. The third-order valence-electron chi connectivity index (χ3n) is 5.40. The van der Waals surface area contributed by atoms with Gasteiger partial charge in [-0.1, -0.05) is 24.4 Å². The first-order chi connectivity index (χ1) is 8.40. The Bertz CT molecular complexity index is 357. The van der Waals surface area contributed by atoms with Gasteiger partial charge in [-0.3, -0.25) is 0 Å². The highest BCUT2D eigenvalue weighted by Crippen LogP contribution is 2.67. The fourth-order valence-corrected chi connectivity index (χ4v) is 6.41. The van der Waals surface area contributed by atoms with Gasteiger partial charge in [-0.15, -0.1) is 0 Å². The molecule has 4 heteroatoms. The molecule has 0 heterocycles. The summed E-state index contributed by atoms with van der Waals surface area (Å²) in [6.07, 6.45) is 9.88. The van der Waals surface area contributed by atoms with Crippen molar-refractivity contribution in [1.82, 2.24) is 0 Å². The largest absolute Gasteiger partial charge is 0.393 e. The molecule has 0 atom stereocenters. The minimum atomic E-state index is 0.390. The summed E-state index contributed by atoms with van der Waals surface area (Å²) < 4.78 is 0. The first-order valence-electron chi connectivity index (χ1n) is 6.97. The molecule has 100 valence electrons. The summed E-state index contributed by atoms with van der Waals surface area (Å²) in [6.45, 7) is 0. The molecule has 0 aromatic rings. The molecule has 0 spiro atoms. The van der Waals surface area contributed by atoms with E-state index in [1.54, 1.807) is 0 Å². The van der Waals surface area contributed by atoms with Crippen LogP contribution in [0, 0.1) is 22.7 Å². The molecule has 0 aromatic carbocycles. The second-order valence-electron chi connectivity index (χ2n) is 7.25. The zero-order chi connectivity index (χ0) is 13.0. The van der Waals surface area contributed by atoms with Gasteiger partial charge in [0.2, 0.25) is 0 Å². The average Bonchev–Trinajstić information content (AvgIpc) is 2.08. The molecule has 0 unspecified atom stereocenters. The number of hydrogen-bond donors (Lipinski definition) is 2. The molecule has 4 saturated carbocycles. The molecule has 0 radical (unpaired) electrons. The molecule has 0 amide bonds. The predicted molar refractivity (Wildman–Crippen MR) is 82.4 cm³/mol. The first kappa shape index (κ1) is 12.8. The summed E-state index contributed by atoms with van der Waals surface area (Å²) in [7, 11) is 0. The van der Waals surface area contributed by atoms with E-state index in [4.69, 9.17) is 35.9 Å². The molecule has 4 fully saturated rings. The van der Waals surface area contributed by atoms with Gasteiger partial charge < -0.3 is 11.5 Å². The van der Waals surface area contributed by atoms with Crippen molar-refractivity contribution in [2.75, 3.05) is 0 Å². The molecule has 18 heavy (non-hydrogen) atoms. The summed E-state index contributed by atoms with van der Waals surface area (Å²) >= 11 is 10.4. The summed E-state index contributed by atoms with van der Waals surface area (Å²) in [4.78, 5) is 1.39. The maximum atomic E-state index is 5.84. The van der Waals surface area contributed by atoms with Crippen molar-refractivity contribution < 1.29 is 0 Å². The van der Waals surface area contributed by atoms with Crippen LogP contribution in [0.3, 0.4) is 0 Å². The molecule has 4 aliphatic rings. The Labute approximate surface area is 120 Å². The minimum absolute atomic E-state index is 0.390. The topological polar surface area (TPSA) is 52.0 Å². The fraction of sp³-hybridized carbons (Fsp3) is 0.857. The third-order valence-corrected chi connectivity index (χ3v) is 5.69. The van der Waals surface area contributed by atoms with Gasteiger partial charge in [-0.2, -0.15) is 0 Å². The van der Waals surface area contributed by atoms with Crippen LogP contribution in [0.2, 0.25) is 0 Å². The van der Waals surface area contributed by atoms with Crippen LogP contribution >= 0.6 is 24.4 Å². The minimum Gasteiger partial charge on any atom is -0.393 e. The fourth-order valence-electron chi connectivity index (χ4n) is 5.80. The van der Waals surface area contributed by atoms with Gasteiger partial charge in [0, 0.05) is 12.8 Å². The van der Waals surface area contributed by atoms with E-state index >= 15 is 0 Å². The van der Waals surface area contributed by atoms with Crippen LogP contribution < -0.4 is 11.5 Å². The lowest BCUT2D eigenvalue weighted by molar-refractivity contribution is -0.103. The third kappa shape index (κ3) is 2.18. The lowest BCUT2D eigenvalue weighted by Crippen LogP contribution is -2.53. The quantitative estimate of drug-likeness (QED) is 0.779. The molecule has 4 aliphatic carbocycles. The van der Waals surface area contributed by atoms with Crippen LogP contribution in [0.1, 0.15) is 51.4 Å². The van der Waals surface area contributed by atoms with Gasteiger partial charge in [-0.25, -0.2) is 0 Å². The van der Waals surface area contributed by atoms with E-state index in [0.29, 0.717) is 20.8 Å². The van der Waals surface area contributed by atoms with E-state index in [0.717, 1.165) is 24.7 Å². The van der Waals surface area contributed by atoms with Gasteiger partial charge in [0.1, 0.15) is 0 Å². The van der Waals surface area contributed by atoms with Crippen LogP contribution in [-0.4, -0.2) is 9.98 Å². The van der Waals surface area contributed by atoms with E-state index in [9.17, 15) is 0 Å². The van der Waals surface area contributed by atoms with E-state index in [2.05, 4.69) is 0 Å². The molecular formula is C14H22N2S2. The number of nitrogens with two attached hydrogens (primary N) is 2. The van der Waals surface area contributed by atoms with Gasteiger partial charge in [-0.05, 0) is 61.2 Å². The molecular weight excluding hydrogens is 260 g/mol. The van der Waals surface area contributed by atoms with Crippen LogP contribution in [0.15, 0.2) is 0 Å². The number of rotatable bonds is 4. The lowest BCUT2D eigenvalue weighted by atomic mass is 9.43. The van der Waals surface area contributed by atoms with Crippen molar-refractivity contribution in [2.24, 2.45) is 34.1 Å². The molecule has 2 nitrogen and oxygen atoms in total. The monoisotopic (exact) mass is 282 g/mol. The summed E-state index contributed by atoms with van der Waals surface area (Å²) in [6, 6.07) is 0. The molecule has 0 aromatic heterocycles. The Morgan fingerprint density at radius 2 is 1.28 bits per heavy atom. The second kappa shape index (κ2) is 4.14. The Morgan fingerprint density at radius 3 is 1.61 bits per heavy atom. The van der Waals surface area contributed by atoms with Gasteiger partial charge >= 0.3 is 0 Å². The van der Waals surface area contributed by atoms with Crippen molar-refractivity contribution in [2.45, 2.75) is 51.4 Å². The average molecular weight is 282 g/mol. The molecule has 0 aliphatic heterocycles. The van der Waals surface area contributed by atoms with Crippen LogP contribution in [0.5, 0.6) is 0 Å². The highest BCUT2D eigenvalue weighted by Gasteiger charge is 2.57. The SMILES string of the molecule is NC(=S)CC12CC3CC(C1)CC(CC(N)=S)(C3)C2. The van der Waals surface area contributed by atoms with Gasteiger partial charge in [0.05, 0.1) is 9.98 Å². The molecule has 0 saturated heterocycles. The summed E-state index contributed by atoms with van der Waals surface area (Å²) in [5.74, 6) is 1.74. The first-order valence-corrected chi connectivity index (χ1v) is 7.79. The second-order valence-corrected chi connectivity index (χ2v) is 8.30. The van der Waals surface area contributed by atoms with Gasteiger partial charge in [0.15, 0.2) is 0 Å². The zero-order valence-electron chi connectivity index (χ0n) is 10.8. The standard InChI is InChI=1S/C14H22N2S2/c15-11(17)6-13-2-9-1-10(4-13)5-14(3-9,8-13)7-12(16)18/h9-10H,1-8H2,(H2,15,17)(H2,16,18). The molecule has 4 rings (SSSR count). The van der Waals surface area contributed by atoms with Crippen LogP contribution in [0.25, 0.3) is 0 Å². The van der Waals surface area contributed by atoms with Crippen molar-refractivity contribution in [3.05, 3.63) is 0 Å². The predicted octanol–water partition coefficient (Wildman–Crippen LogP) is 2.93.